The summed E-state index contributed by atoms with van der Waals surface area (Å²) in [5.41, 5.74) is 1.53. The van der Waals surface area contributed by atoms with E-state index >= 15 is 0 Å². The number of carbonyl (C=O) groups is 1. The number of hydrogen-bond donors (Lipinski definition) is 1. The van der Waals surface area contributed by atoms with Gasteiger partial charge in [0.05, 0.1) is 19.8 Å². The minimum atomic E-state index is -0.367. The number of nitrogens with one attached hydrogen (secondary N) is 1. The van der Waals surface area contributed by atoms with Crippen molar-refractivity contribution in [2.45, 2.75) is 83.2 Å². The van der Waals surface area contributed by atoms with Gasteiger partial charge in [-0.1, -0.05) is 50.6 Å². The summed E-state index contributed by atoms with van der Waals surface area (Å²) >= 11 is 0. The topological polar surface area (TPSA) is 50.8 Å². The average Bonchev–Trinajstić information content (AvgIpc) is 3.30. The zero-order valence-electron chi connectivity index (χ0n) is 18.0. The van der Waals surface area contributed by atoms with Crippen molar-refractivity contribution in [3.63, 3.8) is 0 Å². The second kappa shape index (κ2) is 8.75. The Morgan fingerprint density at radius 1 is 1.07 bits per heavy atom. The van der Waals surface area contributed by atoms with Gasteiger partial charge in [-0.3, -0.25) is 9.69 Å². The van der Waals surface area contributed by atoms with Gasteiger partial charge in [-0.25, -0.2) is 0 Å². The molecule has 1 aromatic carbocycles. The Kier molecular flexibility index (Phi) is 6.28. The standard InChI is InChI=1S/C24H36N2O3/c1-23(2)12-6-9-21(23)26(17-19-7-4-3-5-8-19)18-22(27)25-20-10-13-24(14-11-20)28-15-16-29-24/h3-5,7-8,20-21H,6,9-18H2,1-2H3,(H,25,27). The molecule has 0 bridgehead atoms. The maximum Gasteiger partial charge on any atom is 0.234 e. The van der Waals surface area contributed by atoms with Gasteiger partial charge < -0.3 is 14.8 Å². The molecule has 5 heteroatoms. The summed E-state index contributed by atoms with van der Waals surface area (Å²) in [7, 11) is 0. The molecule has 1 heterocycles. The number of carbonyl (C=O) groups excluding carboxylic acids is 1. The van der Waals surface area contributed by atoms with Gasteiger partial charge in [0.15, 0.2) is 5.79 Å². The third-order valence-electron chi connectivity index (χ3n) is 7.14. The fraction of sp³-hybridized carbons (Fsp3) is 0.708. The van der Waals surface area contributed by atoms with Gasteiger partial charge in [-0.15, -0.1) is 0 Å². The smallest absolute Gasteiger partial charge is 0.234 e. The Balaban J connectivity index is 1.36. The van der Waals surface area contributed by atoms with E-state index in [1.54, 1.807) is 0 Å². The third kappa shape index (κ3) is 5.01. The van der Waals surface area contributed by atoms with Crippen molar-refractivity contribution in [1.82, 2.24) is 10.2 Å². The molecule has 160 valence electrons. The normalized spacial score (nSPS) is 26.2. The van der Waals surface area contributed by atoms with Crippen LogP contribution in [0.2, 0.25) is 0 Å². The van der Waals surface area contributed by atoms with Crippen molar-refractivity contribution in [2.75, 3.05) is 19.8 Å². The largest absolute Gasteiger partial charge is 0.352 e. The quantitative estimate of drug-likeness (QED) is 0.788. The number of benzene rings is 1. The first-order valence-corrected chi connectivity index (χ1v) is 11.3. The Labute approximate surface area is 175 Å². The molecule has 0 radical (unpaired) electrons. The molecule has 2 aliphatic carbocycles. The fourth-order valence-corrected chi connectivity index (χ4v) is 5.52. The first-order valence-electron chi connectivity index (χ1n) is 11.3. The van der Waals surface area contributed by atoms with E-state index in [0.29, 0.717) is 25.8 Å². The molecule has 1 atom stereocenters. The number of hydrogen-bond acceptors (Lipinski definition) is 4. The lowest BCUT2D eigenvalue weighted by atomic mass is 9.86. The van der Waals surface area contributed by atoms with E-state index in [1.165, 1.54) is 24.8 Å². The van der Waals surface area contributed by atoms with Crippen LogP contribution < -0.4 is 5.32 Å². The van der Waals surface area contributed by atoms with Crippen molar-refractivity contribution in [1.29, 1.82) is 0 Å². The maximum absolute atomic E-state index is 13.0. The van der Waals surface area contributed by atoms with E-state index in [2.05, 4.69) is 48.3 Å². The van der Waals surface area contributed by atoms with Gasteiger partial charge in [0.2, 0.25) is 5.91 Å². The predicted octanol–water partition coefficient (Wildman–Crippen LogP) is 3.87. The summed E-state index contributed by atoms with van der Waals surface area (Å²) in [6.45, 7) is 7.40. The summed E-state index contributed by atoms with van der Waals surface area (Å²) in [4.78, 5) is 15.4. The van der Waals surface area contributed by atoms with Crippen LogP contribution in [0.5, 0.6) is 0 Å². The van der Waals surface area contributed by atoms with Crippen LogP contribution in [0.25, 0.3) is 0 Å². The van der Waals surface area contributed by atoms with E-state index in [0.717, 1.165) is 32.2 Å². The van der Waals surface area contributed by atoms with Crippen LogP contribution in [0.4, 0.5) is 0 Å². The van der Waals surface area contributed by atoms with Gasteiger partial charge in [0, 0.05) is 31.5 Å². The lowest BCUT2D eigenvalue weighted by Crippen LogP contribution is -2.50. The van der Waals surface area contributed by atoms with E-state index in [-0.39, 0.29) is 23.2 Å². The first-order chi connectivity index (χ1) is 14.0. The van der Waals surface area contributed by atoms with Crippen molar-refractivity contribution in [3.8, 4) is 0 Å². The Bertz CT molecular complexity index is 675. The molecule has 3 fully saturated rings. The molecule has 1 saturated heterocycles. The Morgan fingerprint density at radius 2 is 1.76 bits per heavy atom. The van der Waals surface area contributed by atoms with Gasteiger partial charge >= 0.3 is 0 Å². The van der Waals surface area contributed by atoms with Crippen LogP contribution >= 0.6 is 0 Å². The first kappa shape index (κ1) is 20.8. The van der Waals surface area contributed by atoms with Crippen LogP contribution in [0, 0.1) is 5.41 Å². The van der Waals surface area contributed by atoms with Crippen LogP contribution in [0.15, 0.2) is 30.3 Å². The van der Waals surface area contributed by atoms with Crippen LogP contribution in [-0.4, -0.2) is 48.4 Å². The van der Waals surface area contributed by atoms with E-state index in [1.807, 2.05) is 6.07 Å². The number of ether oxygens (including phenoxy) is 2. The minimum absolute atomic E-state index is 0.151. The lowest BCUT2D eigenvalue weighted by Gasteiger charge is -2.38. The monoisotopic (exact) mass is 400 g/mol. The second-order valence-corrected chi connectivity index (χ2v) is 9.74. The summed E-state index contributed by atoms with van der Waals surface area (Å²) in [6, 6.07) is 11.2. The molecule has 2 saturated carbocycles. The van der Waals surface area contributed by atoms with Gasteiger partial charge in [0.25, 0.3) is 0 Å². The van der Waals surface area contributed by atoms with Gasteiger partial charge in [0.1, 0.15) is 0 Å². The van der Waals surface area contributed by atoms with Crippen LogP contribution in [0.1, 0.15) is 64.4 Å². The van der Waals surface area contributed by atoms with E-state index in [9.17, 15) is 4.79 Å². The fourth-order valence-electron chi connectivity index (χ4n) is 5.52. The zero-order valence-corrected chi connectivity index (χ0v) is 18.0. The van der Waals surface area contributed by atoms with Crippen LogP contribution in [0.3, 0.4) is 0 Å². The molecule has 29 heavy (non-hydrogen) atoms. The van der Waals surface area contributed by atoms with E-state index in [4.69, 9.17) is 9.47 Å². The molecular weight excluding hydrogens is 364 g/mol. The van der Waals surface area contributed by atoms with E-state index < -0.39 is 0 Å². The minimum Gasteiger partial charge on any atom is -0.352 e. The van der Waals surface area contributed by atoms with Gasteiger partial charge in [-0.05, 0) is 36.7 Å². The molecular formula is C24H36N2O3. The molecule has 1 spiro atoms. The number of amides is 1. The molecule has 4 rings (SSSR count). The van der Waals surface area contributed by atoms with Crippen molar-refractivity contribution < 1.29 is 14.3 Å². The SMILES string of the molecule is CC1(C)CCCC1N(CC(=O)NC1CCC2(CC1)OCCO2)Cc1ccccc1. The summed E-state index contributed by atoms with van der Waals surface area (Å²) in [5, 5.41) is 3.30. The van der Waals surface area contributed by atoms with Crippen molar-refractivity contribution in [2.24, 2.45) is 5.41 Å². The molecule has 1 aliphatic heterocycles. The predicted molar refractivity (Wildman–Crippen MR) is 113 cm³/mol. The number of nitrogens with zero attached hydrogens (tertiary/aromatic N) is 1. The zero-order chi connectivity index (χ0) is 20.3. The van der Waals surface area contributed by atoms with Crippen molar-refractivity contribution >= 4 is 5.91 Å². The highest BCUT2D eigenvalue weighted by atomic mass is 16.7. The summed E-state index contributed by atoms with van der Waals surface area (Å²) < 4.78 is 11.6. The molecule has 0 aromatic heterocycles. The average molecular weight is 401 g/mol. The maximum atomic E-state index is 13.0. The molecule has 1 unspecified atom stereocenters. The summed E-state index contributed by atoms with van der Waals surface area (Å²) in [5.74, 6) is -0.216. The summed E-state index contributed by atoms with van der Waals surface area (Å²) in [6.07, 6.45) is 7.26. The number of rotatable bonds is 6. The van der Waals surface area contributed by atoms with Gasteiger partial charge in [-0.2, -0.15) is 0 Å². The molecule has 1 N–H and O–H groups in total. The Morgan fingerprint density at radius 3 is 2.38 bits per heavy atom. The molecule has 3 aliphatic rings. The van der Waals surface area contributed by atoms with Crippen molar-refractivity contribution in [3.05, 3.63) is 35.9 Å². The molecule has 1 amide bonds. The second-order valence-electron chi connectivity index (χ2n) is 9.74. The molecule has 5 nitrogen and oxygen atoms in total. The van der Waals surface area contributed by atoms with Crippen LogP contribution in [-0.2, 0) is 20.8 Å². The molecule has 1 aromatic rings. The highest BCUT2D eigenvalue weighted by Gasteiger charge is 2.41. The highest BCUT2D eigenvalue weighted by molar-refractivity contribution is 5.78. The third-order valence-corrected chi connectivity index (χ3v) is 7.14. The highest BCUT2D eigenvalue weighted by Crippen LogP contribution is 2.41. The Hall–Kier alpha value is -1.43. The lowest BCUT2D eigenvalue weighted by molar-refractivity contribution is -0.180.